The van der Waals surface area contributed by atoms with Crippen LogP contribution in [0.25, 0.3) is 0 Å². The molecule has 0 spiro atoms. The third-order valence-electron chi connectivity index (χ3n) is 3.61. The zero-order valence-corrected chi connectivity index (χ0v) is 12.1. The summed E-state index contributed by atoms with van der Waals surface area (Å²) in [4.78, 5) is 0. The van der Waals surface area contributed by atoms with Gasteiger partial charge >= 0.3 is 37.7 Å². The third kappa shape index (κ3) is 12.0. The van der Waals surface area contributed by atoms with E-state index in [1.807, 2.05) is 12.1 Å². The van der Waals surface area contributed by atoms with Crippen LogP contribution in [0.15, 0.2) is 24.3 Å². The molecule has 0 aliphatic rings. The maximum absolute atomic E-state index is 3.07. The minimum atomic E-state index is 0. The zero-order valence-electron chi connectivity index (χ0n) is 12.1. The Labute approximate surface area is 150 Å². The molecule has 0 aliphatic heterocycles. The molecule has 0 bridgehead atoms. The van der Waals surface area contributed by atoms with Gasteiger partial charge in [-0.15, -0.1) is 0 Å². The van der Waals surface area contributed by atoms with E-state index in [4.69, 9.17) is 0 Å². The van der Waals surface area contributed by atoms with Crippen LogP contribution in [0.3, 0.4) is 0 Å². The van der Waals surface area contributed by atoms with Crippen LogP contribution in [0.5, 0.6) is 0 Å². The Morgan fingerprint density at radius 1 is 0.737 bits per heavy atom. The van der Waals surface area contributed by atoms with Gasteiger partial charge in [0.05, 0.1) is 0 Å². The molecule has 1 heteroatoms. The van der Waals surface area contributed by atoms with Crippen molar-refractivity contribution in [3.8, 4) is 0 Å². The third-order valence-corrected chi connectivity index (χ3v) is 3.61. The predicted molar refractivity (Wildman–Crippen MR) is 89.4 cm³/mol. The Morgan fingerprint density at radius 3 is 1.74 bits per heavy atom. The van der Waals surface area contributed by atoms with Gasteiger partial charge < -0.3 is 0 Å². The summed E-state index contributed by atoms with van der Waals surface area (Å²) in [7, 11) is 0. The first-order valence-corrected chi connectivity index (χ1v) is 7.88. The van der Waals surface area contributed by atoms with Crippen molar-refractivity contribution >= 4 is 37.7 Å². The van der Waals surface area contributed by atoms with Gasteiger partial charge in [-0.3, -0.25) is 0 Å². The standard InChI is InChI=1S/C18H29.Ca.2H/c1-2-3-4-5-6-7-8-9-10-12-15-18-16-13-11-14-17-18;;;/h13-14,16-17H,2-10,12,15H2,1H3;;;. The second kappa shape index (κ2) is 14.9. The number of unbranched alkanes of at least 4 members (excludes halogenated alkanes) is 9. The van der Waals surface area contributed by atoms with E-state index in [-0.39, 0.29) is 37.7 Å². The van der Waals surface area contributed by atoms with Crippen LogP contribution in [0.1, 0.15) is 76.7 Å². The van der Waals surface area contributed by atoms with E-state index in [9.17, 15) is 0 Å². The Morgan fingerprint density at radius 2 is 1.21 bits per heavy atom. The van der Waals surface area contributed by atoms with Gasteiger partial charge in [0, 0.05) is 0 Å². The molecule has 0 atom stereocenters. The molecule has 19 heavy (non-hydrogen) atoms. The molecule has 1 aromatic rings. The van der Waals surface area contributed by atoms with Gasteiger partial charge in [0.25, 0.3) is 0 Å². The number of rotatable bonds is 11. The Balaban J connectivity index is 0.00000324. The monoisotopic (exact) mass is 287 g/mol. The van der Waals surface area contributed by atoms with Crippen LogP contribution in [-0.2, 0) is 6.42 Å². The molecule has 0 unspecified atom stereocenters. The van der Waals surface area contributed by atoms with E-state index in [2.05, 4.69) is 25.1 Å². The summed E-state index contributed by atoms with van der Waals surface area (Å²) in [5, 5.41) is 0. The topological polar surface area (TPSA) is 0 Å². The molecule has 1 rings (SSSR count). The van der Waals surface area contributed by atoms with Gasteiger partial charge in [0.2, 0.25) is 0 Å². The molecule has 105 valence electrons. The minimum absolute atomic E-state index is 0. The first-order valence-electron chi connectivity index (χ1n) is 7.88. The normalized spacial score (nSPS) is 10.2. The molecule has 0 heterocycles. The van der Waals surface area contributed by atoms with Crippen LogP contribution < -0.4 is 0 Å². The average Bonchev–Trinajstić information content (AvgIpc) is 2.42. The summed E-state index contributed by atoms with van der Waals surface area (Å²) in [6, 6.07) is 11.5. The maximum atomic E-state index is 3.07. The van der Waals surface area contributed by atoms with E-state index in [1.54, 1.807) is 0 Å². The van der Waals surface area contributed by atoms with Crippen LogP contribution in [-0.4, -0.2) is 37.7 Å². The average molecular weight is 288 g/mol. The Hall–Kier alpha value is 0.480. The van der Waals surface area contributed by atoms with Crippen molar-refractivity contribution < 1.29 is 0 Å². The molecule has 0 nitrogen and oxygen atoms in total. The molecule has 0 N–H and O–H groups in total. The number of hydrogen-bond acceptors (Lipinski definition) is 0. The molecule has 1 radical (unpaired) electrons. The number of aryl methyl sites for hydroxylation is 1. The van der Waals surface area contributed by atoms with Crippen LogP contribution in [0.2, 0.25) is 0 Å². The van der Waals surface area contributed by atoms with Gasteiger partial charge in [-0.25, -0.2) is 0 Å². The summed E-state index contributed by atoms with van der Waals surface area (Å²) in [6.07, 6.45) is 15.4. The van der Waals surface area contributed by atoms with Crippen LogP contribution in [0.4, 0.5) is 0 Å². The van der Waals surface area contributed by atoms with Gasteiger partial charge in [0.1, 0.15) is 0 Å². The van der Waals surface area contributed by atoms with E-state index < -0.39 is 0 Å². The molecule has 1 aromatic carbocycles. The molecular weight excluding hydrogens is 256 g/mol. The Kier molecular flexibility index (Phi) is 15.3. The van der Waals surface area contributed by atoms with Gasteiger partial charge in [-0.05, 0) is 24.5 Å². The van der Waals surface area contributed by atoms with Crippen molar-refractivity contribution in [1.82, 2.24) is 0 Å². The first-order chi connectivity index (χ1) is 8.93. The fraction of sp³-hybridized carbons (Fsp3) is 0.667. The van der Waals surface area contributed by atoms with Gasteiger partial charge in [-0.2, -0.15) is 0 Å². The zero-order chi connectivity index (χ0) is 12.9. The van der Waals surface area contributed by atoms with Gasteiger partial charge in [0.15, 0.2) is 0 Å². The first kappa shape index (κ1) is 19.5. The molecule has 0 saturated carbocycles. The molecule has 0 aliphatic carbocycles. The van der Waals surface area contributed by atoms with Crippen molar-refractivity contribution in [3.63, 3.8) is 0 Å². The summed E-state index contributed by atoms with van der Waals surface area (Å²) >= 11 is 0. The predicted octanol–water partition coefficient (Wildman–Crippen LogP) is 5.03. The van der Waals surface area contributed by atoms with Crippen LogP contribution in [0, 0.1) is 6.07 Å². The number of hydrogen-bond donors (Lipinski definition) is 0. The molecular formula is C18H31Ca. The van der Waals surface area contributed by atoms with Crippen molar-refractivity contribution in [2.75, 3.05) is 0 Å². The fourth-order valence-corrected chi connectivity index (χ4v) is 2.40. The van der Waals surface area contributed by atoms with E-state index in [0.29, 0.717) is 0 Å². The van der Waals surface area contributed by atoms with Gasteiger partial charge in [-0.1, -0.05) is 89.0 Å². The second-order valence-electron chi connectivity index (χ2n) is 5.34. The molecule has 0 aromatic heterocycles. The number of benzene rings is 1. The molecule has 0 amide bonds. The summed E-state index contributed by atoms with van der Waals surface area (Å²) in [6.45, 7) is 2.28. The quantitative estimate of drug-likeness (QED) is 0.395. The van der Waals surface area contributed by atoms with Crippen molar-refractivity contribution in [2.45, 2.75) is 77.6 Å². The summed E-state index contributed by atoms with van der Waals surface area (Å²) in [5.41, 5.74) is 1.47. The van der Waals surface area contributed by atoms with E-state index >= 15 is 0 Å². The second-order valence-corrected chi connectivity index (χ2v) is 5.34. The van der Waals surface area contributed by atoms with Crippen molar-refractivity contribution in [1.29, 1.82) is 0 Å². The fourth-order valence-electron chi connectivity index (χ4n) is 2.40. The molecule has 0 saturated heterocycles. The SMILES string of the molecule is CCCCCCCCCCCCc1cc[c]cc1.[CaH2]. The molecule has 0 fully saturated rings. The summed E-state index contributed by atoms with van der Waals surface area (Å²) < 4.78 is 0. The van der Waals surface area contributed by atoms with Crippen LogP contribution >= 0.6 is 0 Å². The summed E-state index contributed by atoms with van der Waals surface area (Å²) in [5.74, 6) is 0. The Bertz CT molecular complexity index is 268. The van der Waals surface area contributed by atoms with E-state index in [0.717, 1.165) is 0 Å². The van der Waals surface area contributed by atoms with Crippen molar-refractivity contribution in [2.24, 2.45) is 0 Å². The van der Waals surface area contributed by atoms with E-state index in [1.165, 1.54) is 76.2 Å². The van der Waals surface area contributed by atoms with Crippen molar-refractivity contribution in [3.05, 3.63) is 35.9 Å².